The summed E-state index contributed by atoms with van der Waals surface area (Å²) in [5.41, 5.74) is 2.02. The normalized spacial score (nSPS) is 20.2. The third-order valence-electron chi connectivity index (χ3n) is 4.72. The molecule has 1 amide bonds. The van der Waals surface area contributed by atoms with Crippen molar-refractivity contribution in [2.24, 2.45) is 5.92 Å². The van der Waals surface area contributed by atoms with Gasteiger partial charge in [-0.2, -0.15) is 0 Å². The Morgan fingerprint density at radius 3 is 2.36 bits per heavy atom. The second kappa shape index (κ2) is 9.02. The summed E-state index contributed by atoms with van der Waals surface area (Å²) in [4.78, 5) is 12.2. The summed E-state index contributed by atoms with van der Waals surface area (Å²) in [6.07, 6.45) is 5.06. The predicted octanol–water partition coefficient (Wildman–Crippen LogP) is 5.44. The Bertz CT molecular complexity index is 664. The Morgan fingerprint density at radius 1 is 1.00 bits per heavy atom. The highest BCUT2D eigenvalue weighted by Crippen LogP contribution is 2.29. The molecule has 0 radical (unpaired) electrons. The van der Waals surface area contributed by atoms with Crippen LogP contribution in [-0.4, -0.2) is 12.0 Å². The van der Waals surface area contributed by atoms with Crippen LogP contribution in [0.5, 0.6) is 0 Å². The predicted molar refractivity (Wildman–Crippen MR) is 102 cm³/mol. The highest BCUT2D eigenvalue weighted by atomic mass is 35.5. The van der Waals surface area contributed by atoms with E-state index in [2.05, 4.69) is 17.4 Å². The average Bonchev–Trinajstić information content (AvgIpc) is 2.64. The van der Waals surface area contributed by atoms with Crippen molar-refractivity contribution in [3.05, 3.63) is 65.2 Å². The van der Waals surface area contributed by atoms with Crippen molar-refractivity contribution in [2.45, 2.75) is 44.8 Å². The molecule has 1 aliphatic carbocycles. The highest BCUT2D eigenvalue weighted by molar-refractivity contribution is 6.30. The zero-order valence-corrected chi connectivity index (χ0v) is 15.0. The summed E-state index contributed by atoms with van der Waals surface area (Å²) in [7, 11) is 0. The first-order chi connectivity index (χ1) is 12.2. The average molecular weight is 358 g/mol. The monoisotopic (exact) mass is 357 g/mol. The summed E-state index contributed by atoms with van der Waals surface area (Å²) in [5, 5.41) is 3.62. The molecule has 0 spiro atoms. The van der Waals surface area contributed by atoms with Crippen LogP contribution in [0.25, 0.3) is 0 Å². The molecule has 132 valence electrons. The maximum Gasteiger partial charge on any atom is 0.224 e. The van der Waals surface area contributed by atoms with Gasteiger partial charge in [-0.25, -0.2) is 0 Å². The molecule has 1 saturated carbocycles. The van der Waals surface area contributed by atoms with Crippen LogP contribution in [0.3, 0.4) is 0 Å². The zero-order valence-electron chi connectivity index (χ0n) is 14.3. The van der Waals surface area contributed by atoms with Crippen molar-refractivity contribution in [3.63, 3.8) is 0 Å². The molecule has 3 rings (SSSR count). The summed E-state index contributed by atoms with van der Waals surface area (Å²) in [6.45, 7) is 0.674. The number of nitrogens with one attached hydrogen (secondary N) is 1. The molecule has 0 atom stereocenters. The molecule has 3 nitrogen and oxygen atoms in total. The van der Waals surface area contributed by atoms with Gasteiger partial charge in [0, 0.05) is 17.1 Å². The number of hydrogen-bond donors (Lipinski definition) is 1. The van der Waals surface area contributed by atoms with Gasteiger partial charge in [0.25, 0.3) is 0 Å². The maximum atomic E-state index is 12.2. The fourth-order valence-electron chi connectivity index (χ4n) is 3.30. The van der Waals surface area contributed by atoms with E-state index in [1.165, 1.54) is 5.56 Å². The lowest BCUT2D eigenvalue weighted by Crippen LogP contribution is -2.25. The van der Waals surface area contributed by atoms with Crippen LogP contribution in [0.4, 0.5) is 5.69 Å². The van der Waals surface area contributed by atoms with E-state index >= 15 is 0 Å². The van der Waals surface area contributed by atoms with E-state index in [1.807, 2.05) is 30.3 Å². The molecule has 0 aromatic heterocycles. The molecule has 25 heavy (non-hydrogen) atoms. The second-order valence-corrected chi connectivity index (χ2v) is 7.13. The molecule has 0 unspecified atom stereocenters. The fraction of sp³-hybridized carbons (Fsp3) is 0.381. The van der Waals surface area contributed by atoms with Gasteiger partial charge in [-0.15, -0.1) is 0 Å². The van der Waals surface area contributed by atoms with Gasteiger partial charge in [0.05, 0.1) is 12.7 Å². The number of hydrogen-bond acceptors (Lipinski definition) is 2. The Morgan fingerprint density at radius 2 is 1.68 bits per heavy atom. The smallest absolute Gasteiger partial charge is 0.224 e. The van der Waals surface area contributed by atoms with Crippen molar-refractivity contribution in [1.29, 1.82) is 0 Å². The summed E-state index contributed by atoms with van der Waals surface area (Å²) >= 11 is 5.86. The number of rotatable bonds is 6. The highest BCUT2D eigenvalue weighted by Gasteiger charge is 2.23. The van der Waals surface area contributed by atoms with Crippen LogP contribution in [0.2, 0.25) is 5.02 Å². The lowest BCUT2D eigenvalue weighted by atomic mass is 9.85. The van der Waals surface area contributed by atoms with Gasteiger partial charge in [0.1, 0.15) is 0 Å². The molecule has 1 aliphatic rings. The molecule has 4 heteroatoms. The third kappa shape index (κ3) is 5.87. The molecule has 1 fully saturated rings. The topological polar surface area (TPSA) is 38.3 Å². The van der Waals surface area contributed by atoms with Crippen LogP contribution >= 0.6 is 11.6 Å². The van der Waals surface area contributed by atoms with Gasteiger partial charge in [0.2, 0.25) is 5.91 Å². The second-order valence-electron chi connectivity index (χ2n) is 6.70. The molecule has 0 saturated heterocycles. The van der Waals surface area contributed by atoms with E-state index in [0.29, 0.717) is 30.1 Å². The number of benzene rings is 2. The lowest BCUT2D eigenvalue weighted by Gasteiger charge is -2.28. The van der Waals surface area contributed by atoms with E-state index in [9.17, 15) is 4.79 Å². The largest absolute Gasteiger partial charge is 0.374 e. The number of ether oxygens (including phenoxy) is 1. The number of carbonyl (C=O) groups is 1. The number of anilines is 1. The van der Waals surface area contributed by atoms with Crippen molar-refractivity contribution in [2.75, 3.05) is 5.32 Å². The van der Waals surface area contributed by atoms with Gasteiger partial charge >= 0.3 is 0 Å². The SMILES string of the molecule is O=C(CC1CCC(OCc2ccccc2)CC1)Nc1ccc(Cl)cc1. The molecule has 0 bridgehead atoms. The molecular weight excluding hydrogens is 334 g/mol. The molecule has 2 aromatic carbocycles. The van der Waals surface area contributed by atoms with E-state index < -0.39 is 0 Å². The third-order valence-corrected chi connectivity index (χ3v) is 4.98. The van der Waals surface area contributed by atoms with Crippen molar-refractivity contribution < 1.29 is 9.53 Å². The van der Waals surface area contributed by atoms with Crippen LogP contribution < -0.4 is 5.32 Å². The molecule has 2 aromatic rings. The first-order valence-corrected chi connectivity index (χ1v) is 9.28. The quantitative estimate of drug-likeness (QED) is 0.747. The van der Waals surface area contributed by atoms with Gasteiger partial charge in [-0.3, -0.25) is 4.79 Å². The summed E-state index contributed by atoms with van der Waals surface area (Å²) in [5.74, 6) is 0.528. The fourth-order valence-corrected chi connectivity index (χ4v) is 3.42. The first kappa shape index (κ1) is 18.0. The van der Waals surface area contributed by atoms with Crippen molar-refractivity contribution in [1.82, 2.24) is 0 Å². The number of amides is 1. The summed E-state index contributed by atoms with van der Waals surface area (Å²) < 4.78 is 6.02. The zero-order chi connectivity index (χ0) is 17.5. The van der Waals surface area contributed by atoms with Gasteiger partial charge in [-0.1, -0.05) is 41.9 Å². The lowest BCUT2D eigenvalue weighted by molar-refractivity contribution is -0.117. The Balaban J connectivity index is 1.37. The Kier molecular flexibility index (Phi) is 6.48. The maximum absolute atomic E-state index is 12.2. The summed E-state index contributed by atoms with van der Waals surface area (Å²) in [6, 6.07) is 17.5. The minimum Gasteiger partial charge on any atom is -0.374 e. The number of carbonyl (C=O) groups excluding carboxylic acids is 1. The van der Waals surface area contributed by atoms with Crippen LogP contribution in [-0.2, 0) is 16.1 Å². The van der Waals surface area contributed by atoms with Crippen molar-refractivity contribution >= 4 is 23.2 Å². The molecular formula is C21H24ClNO2. The minimum atomic E-state index is 0.0796. The van der Waals surface area contributed by atoms with Crippen LogP contribution in [0, 0.1) is 5.92 Å². The van der Waals surface area contributed by atoms with E-state index in [-0.39, 0.29) is 5.91 Å². The standard InChI is InChI=1S/C21H24ClNO2/c22-18-8-10-19(11-9-18)23-21(24)14-16-6-12-20(13-7-16)25-15-17-4-2-1-3-5-17/h1-5,8-11,16,20H,6-7,12-15H2,(H,23,24). The Labute approximate surface area is 154 Å². The van der Waals surface area contributed by atoms with Gasteiger partial charge in [-0.05, 0) is 61.4 Å². The van der Waals surface area contributed by atoms with Gasteiger partial charge < -0.3 is 10.1 Å². The van der Waals surface area contributed by atoms with Crippen molar-refractivity contribution in [3.8, 4) is 0 Å². The van der Waals surface area contributed by atoms with Crippen LogP contribution in [0.1, 0.15) is 37.7 Å². The molecule has 0 heterocycles. The molecule has 1 N–H and O–H groups in total. The van der Waals surface area contributed by atoms with Crippen LogP contribution in [0.15, 0.2) is 54.6 Å². The van der Waals surface area contributed by atoms with E-state index in [0.717, 1.165) is 31.4 Å². The Hall–Kier alpha value is -1.84. The number of halogens is 1. The van der Waals surface area contributed by atoms with E-state index in [1.54, 1.807) is 12.1 Å². The van der Waals surface area contributed by atoms with E-state index in [4.69, 9.17) is 16.3 Å². The first-order valence-electron chi connectivity index (χ1n) is 8.90. The molecule has 0 aliphatic heterocycles. The minimum absolute atomic E-state index is 0.0796. The van der Waals surface area contributed by atoms with Gasteiger partial charge in [0.15, 0.2) is 0 Å².